The van der Waals surface area contributed by atoms with Gasteiger partial charge in [0, 0.05) is 18.7 Å². The van der Waals surface area contributed by atoms with Gasteiger partial charge in [0.2, 0.25) is 0 Å². The maximum absolute atomic E-state index is 9.42. The lowest BCUT2D eigenvalue weighted by atomic mass is 9.89. The minimum Gasteiger partial charge on any atom is -0.391 e. The Labute approximate surface area is 66.7 Å². The van der Waals surface area contributed by atoms with Crippen molar-refractivity contribution >= 4 is 0 Å². The van der Waals surface area contributed by atoms with Gasteiger partial charge >= 0.3 is 0 Å². The Morgan fingerprint density at radius 3 is 2.73 bits per heavy atom. The Kier molecular flexibility index (Phi) is 2.52. The minimum absolute atomic E-state index is 0.0174. The number of aliphatic hydroxyl groups excluding tert-OH is 2. The zero-order chi connectivity index (χ0) is 8.43. The zero-order valence-corrected chi connectivity index (χ0v) is 6.91. The van der Waals surface area contributed by atoms with E-state index >= 15 is 0 Å². The van der Waals surface area contributed by atoms with Gasteiger partial charge in [-0.05, 0) is 6.42 Å². The summed E-state index contributed by atoms with van der Waals surface area (Å²) in [6, 6.07) is 0. The molecule has 1 rings (SSSR count). The normalized spacial score (nSPS) is 38.2. The van der Waals surface area contributed by atoms with Crippen molar-refractivity contribution in [3.05, 3.63) is 11.8 Å². The van der Waals surface area contributed by atoms with Crippen molar-refractivity contribution in [1.82, 2.24) is 5.32 Å². The topological polar surface area (TPSA) is 52.5 Å². The first-order valence-electron chi connectivity index (χ1n) is 3.90. The van der Waals surface area contributed by atoms with Crippen LogP contribution in [0, 0.1) is 5.92 Å². The monoisotopic (exact) mass is 157 g/mol. The second-order valence-corrected chi connectivity index (χ2v) is 2.99. The lowest BCUT2D eigenvalue weighted by Gasteiger charge is -2.29. The van der Waals surface area contributed by atoms with Crippen LogP contribution in [-0.4, -0.2) is 29.5 Å². The van der Waals surface area contributed by atoms with Crippen LogP contribution in [0.3, 0.4) is 0 Å². The second kappa shape index (κ2) is 3.24. The molecule has 0 amide bonds. The Hall–Kier alpha value is -0.540. The fourth-order valence-electron chi connectivity index (χ4n) is 1.42. The van der Waals surface area contributed by atoms with Crippen molar-refractivity contribution in [2.75, 3.05) is 7.05 Å². The van der Waals surface area contributed by atoms with Gasteiger partial charge in [-0.3, -0.25) is 0 Å². The molecule has 0 fully saturated rings. The Morgan fingerprint density at radius 1 is 1.55 bits per heavy atom. The van der Waals surface area contributed by atoms with Gasteiger partial charge in [0.05, 0.1) is 12.2 Å². The summed E-state index contributed by atoms with van der Waals surface area (Å²) >= 11 is 0. The molecule has 0 aromatic rings. The molecule has 0 saturated carbocycles. The number of aliphatic hydroxyl groups is 2. The average Bonchev–Trinajstić information content (AvgIpc) is 2.01. The molecule has 1 aliphatic carbocycles. The summed E-state index contributed by atoms with van der Waals surface area (Å²) in [5.74, 6) is 0.0174. The fourth-order valence-corrected chi connectivity index (χ4v) is 1.42. The van der Waals surface area contributed by atoms with Gasteiger partial charge in [-0.2, -0.15) is 0 Å². The first kappa shape index (κ1) is 8.56. The lowest BCUT2D eigenvalue weighted by Crippen LogP contribution is -2.38. The molecular weight excluding hydrogens is 142 g/mol. The molecule has 0 aromatic heterocycles. The summed E-state index contributed by atoms with van der Waals surface area (Å²) in [6.45, 7) is 1.90. The van der Waals surface area contributed by atoms with Crippen LogP contribution in [0.2, 0.25) is 0 Å². The van der Waals surface area contributed by atoms with Crippen LogP contribution in [0.15, 0.2) is 11.8 Å². The molecule has 0 heterocycles. The predicted molar refractivity (Wildman–Crippen MR) is 42.9 cm³/mol. The third kappa shape index (κ3) is 1.54. The zero-order valence-electron chi connectivity index (χ0n) is 6.91. The molecular formula is C8H15NO2. The number of rotatable bonds is 1. The minimum atomic E-state index is -0.623. The van der Waals surface area contributed by atoms with Crippen LogP contribution < -0.4 is 5.32 Å². The molecule has 0 saturated heterocycles. The van der Waals surface area contributed by atoms with E-state index < -0.39 is 12.2 Å². The Bertz CT molecular complexity index is 167. The second-order valence-electron chi connectivity index (χ2n) is 2.99. The van der Waals surface area contributed by atoms with Gasteiger partial charge in [0.25, 0.3) is 0 Å². The Balaban J connectivity index is 2.70. The SMILES string of the molecule is CNC1=CCC(O)C(O)C1C. The molecule has 64 valence electrons. The van der Waals surface area contributed by atoms with E-state index in [1.54, 1.807) is 0 Å². The molecule has 0 radical (unpaired) electrons. The molecule has 11 heavy (non-hydrogen) atoms. The van der Waals surface area contributed by atoms with Gasteiger partial charge < -0.3 is 15.5 Å². The van der Waals surface area contributed by atoms with Gasteiger partial charge in [-0.1, -0.05) is 13.0 Å². The highest BCUT2D eigenvalue weighted by molar-refractivity contribution is 5.11. The molecule has 0 aliphatic heterocycles. The molecule has 1 aliphatic rings. The maximum atomic E-state index is 9.42. The molecule has 0 bridgehead atoms. The maximum Gasteiger partial charge on any atom is 0.0881 e. The molecule has 3 atom stereocenters. The average molecular weight is 157 g/mol. The van der Waals surface area contributed by atoms with Gasteiger partial charge in [-0.25, -0.2) is 0 Å². The largest absolute Gasteiger partial charge is 0.391 e. The number of nitrogens with one attached hydrogen (secondary N) is 1. The molecule has 0 spiro atoms. The standard InChI is InChI=1S/C8H15NO2/c1-5-6(9-2)3-4-7(10)8(5)11/h3,5,7-11H,4H2,1-2H3. The van der Waals surface area contributed by atoms with Crippen molar-refractivity contribution in [2.45, 2.75) is 25.6 Å². The third-order valence-corrected chi connectivity index (χ3v) is 2.27. The summed E-state index contributed by atoms with van der Waals surface area (Å²) in [6.07, 6.45) is 1.26. The molecule has 3 unspecified atom stereocenters. The summed E-state index contributed by atoms with van der Waals surface area (Å²) in [4.78, 5) is 0. The highest BCUT2D eigenvalue weighted by Gasteiger charge is 2.28. The van der Waals surface area contributed by atoms with E-state index in [2.05, 4.69) is 5.32 Å². The first-order valence-corrected chi connectivity index (χ1v) is 3.90. The molecule has 3 heteroatoms. The number of hydrogen-bond donors (Lipinski definition) is 3. The van der Waals surface area contributed by atoms with Gasteiger partial charge in [-0.15, -0.1) is 0 Å². The van der Waals surface area contributed by atoms with E-state index in [0.717, 1.165) is 5.70 Å². The van der Waals surface area contributed by atoms with Crippen LogP contribution >= 0.6 is 0 Å². The lowest BCUT2D eigenvalue weighted by molar-refractivity contribution is -0.00981. The predicted octanol–water partition coefficient (Wildman–Crippen LogP) is -0.149. The highest BCUT2D eigenvalue weighted by Crippen LogP contribution is 2.22. The summed E-state index contributed by atoms with van der Waals surface area (Å²) in [5.41, 5.74) is 1.02. The van der Waals surface area contributed by atoms with E-state index in [-0.39, 0.29) is 5.92 Å². The fraction of sp³-hybridized carbons (Fsp3) is 0.750. The van der Waals surface area contributed by atoms with Crippen molar-refractivity contribution in [3.8, 4) is 0 Å². The van der Waals surface area contributed by atoms with Crippen LogP contribution in [0.25, 0.3) is 0 Å². The van der Waals surface area contributed by atoms with E-state index in [1.165, 1.54) is 0 Å². The van der Waals surface area contributed by atoms with Crippen LogP contribution in [0.5, 0.6) is 0 Å². The van der Waals surface area contributed by atoms with Gasteiger partial charge in [0.15, 0.2) is 0 Å². The van der Waals surface area contributed by atoms with E-state index in [4.69, 9.17) is 0 Å². The summed E-state index contributed by atoms with van der Waals surface area (Å²) in [7, 11) is 1.83. The smallest absolute Gasteiger partial charge is 0.0881 e. The van der Waals surface area contributed by atoms with Crippen molar-refractivity contribution in [2.24, 2.45) is 5.92 Å². The van der Waals surface area contributed by atoms with Crippen molar-refractivity contribution in [1.29, 1.82) is 0 Å². The van der Waals surface area contributed by atoms with Gasteiger partial charge in [0.1, 0.15) is 0 Å². The van der Waals surface area contributed by atoms with E-state index in [1.807, 2.05) is 20.0 Å². The summed E-state index contributed by atoms with van der Waals surface area (Å²) < 4.78 is 0. The van der Waals surface area contributed by atoms with Crippen LogP contribution in [0.4, 0.5) is 0 Å². The van der Waals surface area contributed by atoms with Crippen molar-refractivity contribution < 1.29 is 10.2 Å². The van der Waals surface area contributed by atoms with E-state index in [9.17, 15) is 10.2 Å². The molecule has 3 nitrogen and oxygen atoms in total. The van der Waals surface area contributed by atoms with E-state index in [0.29, 0.717) is 6.42 Å². The third-order valence-electron chi connectivity index (χ3n) is 2.27. The van der Waals surface area contributed by atoms with Crippen molar-refractivity contribution in [3.63, 3.8) is 0 Å². The van der Waals surface area contributed by atoms with Crippen LogP contribution in [0.1, 0.15) is 13.3 Å². The highest BCUT2D eigenvalue weighted by atomic mass is 16.3. The van der Waals surface area contributed by atoms with Crippen LogP contribution in [-0.2, 0) is 0 Å². The Morgan fingerprint density at radius 2 is 2.18 bits per heavy atom. The number of hydrogen-bond acceptors (Lipinski definition) is 3. The molecule has 0 aromatic carbocycles. The summed E-state index contributed by atoms with van der Waals surface area (Å²) in [5, 5.41) is 21.7. The molecule has 3 N–H and O–H groups in total. The first-order chi connectivity index (χ1) is 5.16. The quantitative estimate of drug-likeness (QED) is 0.496.